The minimum Gasteiger partial charge on any atom is -0.394 e. The van der Waals surface area contributed by atoms with Crippen molar-refractivity contribution in [3.63, 3.8) is 0 Å². The van der Waals surface area contributed by atoms with Gasteiger partial charge in [-0.05, 0) is 5.56 Å². The number of aliphatic hydroxyl groups is 5. The van der Waals surface area contributed by atoms with Crippen LogP contribution in [0, 0.1) is 0 Å². The van der Waals surface area contributed by atoms with Crippen LogP contribution in [0.5, 0.6) is 0 Å². The highest BCUT2D eigenvalue weighted by Crippen LogP contribution is 2.25. The number of aromatic nitrogens is 4. The molecule has 0 bridgehead atoms. The first-order chi connectivity index (χ1) is 13.8. The molecule has 0 aliphatic heterocycles. The van der Waals surface area contributed by atoms with Crippen LogP contribution in [-0.4, -0.2) is 75.5 Å². The molecule has 0 unspecified atom stereocenters. The van der Waals surface area contributed by atoms with Crippen molar-refractivity contribution >= 4 is 11.7 Å². The molecule has 11 nitrogen and oxygen atoms in total. The number of hydrogen-bond acceptors (Lipinski definition) is 9. The maximum absolute atomic E-state index is 12.5. The van der Waals surface area contributed by atoms with Crippen LogP contribution in [0.15, 0.2) is 41.2 Å². The molecule has 5 N–H and O–H groups in total. The predicted octanol–water partition coefficient (Wildman–Crippen LogP) is -1.67. The highest BCUT2D eigenvalue weighted by molar-refractivity contribution is 5.80. The third-order valence-corrected chi connectivity index (χ3v) is 4.50. The third kappa shape index (κ3) is 3.69. The Hall–Kier alpha value is -2.96. The van der Waals surface area contributed by atoms with Crippen molar-refractivity contribution in [1.29, 1.82) is 0 Å². The summed E-state index contributed by atoms with van der Waals surface area (Å²) in [6, 6.07) is 9.72. The maximum Gasteiger partial charge on any atom is 0.262 e. The van der Waals surface area contributed by atoms with Gasteiger partial charge in [-0.25, -0.2) is 4.57 Å². The van der Waals surface area contributed by atoms with E-state index < -0.39 is 42.5 Å². The van der Waals surface area contributed by atoms with Crippen molar-refractivity contribution in [3.05, 3.63) is 52.6 Å². The van der Waals surface area contributed by atoms with E-state index in [-0.39, 0.29) is 17.3 Å². The topological polar surface area (TPSA) is 170 Å². The molecular formula is C18H20N4O7. The molecule has 0 saturated carbocycles. The van der Waals surface area contributed by atoms with Gasteiger partial charge in [0.2, 0.25) is 11.7 Å². The van der Waals surface area contributed by atoms with Crippen LogP contribution in [0.2, 0.25) is 0 Å². The molecule has 11 heteroatoms. The fourth-order valence-corrected chi connectivity index (χ4v) is 2.99. The normalized spacial score (nSPS) is 15.8. The minimum absolute atomic E-state index is 0.192. The third-order valence-electron chi connectivity index (χ3n) is 4.50. The largest absolute Gasteiger partial charge is 0.394 e. The lowest BCUT2D eigenvalue weighted by Crippen LogP contribution is -2.43. The van der Waals surface area contributed by atoms with Crippen LogP contribution in [0.3, 0.4) is 0 Å². The van der Waals surface area contributed by atoms with E-state index in [2.05, 4.69) is 10.2 Å². The van der Waals surface area contributed by atoms with E-state index in [1.807, 2.05) is 0 Å². The van der Waals surface area contributed by atoms with Crippen LogP contribution >= 0.6 is 0 Å². The van der Waals surface area contributed by atoms with Gasteiger partial charge in [-0.3, -0.25) is 14.0 Å². The summed E-state index contributed by atoms with van der Waals surface area (Å²) in [6.07, 6.45) is -7.39. The summed E-state index contributed by atoms with van der Waals surface area (Å²) >= 11 is 0. The number of hydrogen-bond donors (Lipinski definition) is 5. The standard InChI is InChI=1S/C18H20N4O7/c1-9(24)21-13(26)7-11(10-5-3-2-4-6-10)22-17(19-20-18(21)22)16(29)15(28)14(27)12(25)8-23/h2-7,12,14-16,23,25,27-29H,8H2,1H3/t12-,14-,15+,16-/m1/s1. The van der Waals surface area contributed by atoms with Crippen LogP contribution in [0.1, 0.15) is 23.6 Å². The summed E-state index contributed by atoms with van der Waals surface area (Å²) in [5, 5.41) is 56.8. The molecule has 3 aromatic rings. The lowest BCUT2D eigenvalue weighted by molar-refractivity contribution is -0.118. The number of fused-ring (bicyclic) bond motifs is 1. The van der Waals surface area contributed by atoms with Gasteiger partial charge in [-0.15, -0.1) is 10.2 Å². The molecule has 2 aromatic heterocycles. The number of aliphatic hydroxyl groups excluding tert-OH is 5. The van der Waals surface area contributed by atoms with Crippen molar-refractivity contribution in [2.75, 3.05) is 6.61 Å². The average molecular weight is 404 g/mol. The van der Waals surface area contributed by atoms with Crippen LogP contribution in [0.4, 0.5) is 0 Å². The zero-order valence-electron chi connectivity index (χ0n) is 15.3. The van der Waals surface area contributed by atoms with E-state index in [4.69, 9.17) is 5.11 Å². The van der Waals surface area contributed by atoms with E-state index in [9.17, 15) is 30.0 Å². The molecule has 4 atom stereocenters. The smallest absolute Gasteiger partial charge is 0.262 e. The van der Waals surface area contributed by atoms with Gasteiger partial charge in [0.1, 0.15) is 24.4 Å². The Morgan fingerprint density at radius 2 is 1.72 bits per heavy atom. The van der Waals surface area contributed by atoms with Crippen molar-refractivity contribution in [1.82, 2.24) is 19.2 Å². The van der Waals surface area contributed by atoms with Crippen molar-refractivity contribution in [2.45, 2.75) is 31.3 Å². The molecule has 0 aliphatic carbocycles. The summed E-state index contributed by atoms with van der Waals surface area (Å²) in [5.74, 6) is -1.10. The molecule has 0 saturated heterocycles. The Kier molecular flexibility index (Phi) is 5.86. The second kappa shape index (κ2) is 8.19. The summed E-state index contributed by atoms with van der Waals surface area (Å²) in [6.45, 7) is 0.315. The van der Waals surface area contributed by atoms with Crippen LogP contribution < -0.4 is 5.56 Å². The monoisotopic (exact) mass is 404 g/mol. The second-order valence-corrected chi connectivity index (χ2v) is 6.46. The van der Waals surface area contributed by atoms with Crippen molar-refractivity contribution in [3.8, 4) is 11.3 Å². The van der Waals surface area contributed by atoms with Gasteiger partial charge in [0.25, 0.3) is 5.56 Å². The zero-order chi connectivity index (χ0) is 21.3. The van der Waals surface area contributed by atoms with Gasteiger partial charge in [0.15, 0.2) is 5.82 Å². The molecule has 29 heavy (non-hydrogen) atoms. The highest BCUT2D eigenvalue weighted by Gasteiger charge is 2.34. The molecule has 0 radical (unpaired) electrons. The quantitative estimate of drug-likeness (QED) is 0.322. The molecule has 2 heterocycles. The predicted molar refractivity (Wildman–Crippen MR) is 99.0 cm³/mol. The Morgan fingerprint density at radius 1 is 1.07 bits per heavy atom. The van der Waals surface area contributed by atoms with E-state index in [0.29, 0.717) is 5.56 Å². The fraction of sp³-hybridized carbons (Fsp3) is 0.333. The first-order valence-electron chi connectivity index (χ1n) is 8.68. The first kappa shape index (κ1) is 20.8. The van der Waals surface area contributed by atoms with Crippen LogP contribution in [0.25, 0.3) is 17.0 Å². The summed E-state index contributed by atoms with van der Waals surface area (Å²) in [4.78, 5) is 24.4. The van der Waals surface area contributed by atoms with E-state index in [1.54, 1.807) is 30.3 Å². The molecule has 0 fully saturated rings. The molecule has 154 valence electrons. The molecule has 1 aromatic carbocycles. The lowest BCUT2D eigenvalue weighted by Gasteiger charge is -2.25. The summed E-state index contributed by atoms with van der Waals surface area (Å²) in [5.41, 5.74) is 0.129. The number of benzene rings is 1. The summed E-state index contributed by atoms with van der Waals surface area (Å²) in [7, 11) is 0. The summed E-state index contributed by atoms with van der Waals surface area (Å²) < 4.78 is 1.96. The van der Waals surface area contributed by atoms with Gasteiger partial charge < -0.3 is 25.5 Å². The van der Waals surface area contributed by atoms with E-state index >= 15 is 0 Å². The molecule has 0 amide bonds. The van der Waals surface area contributed by atoms with Crippen LogP contribution in [-0.2, 0) is 0 Å². The number of carbonyl (C=O) groups is 1. The van der Waals surface area contributed by atoms with Gasteiger partial charge in [0.05, 0.1) is 12.3 Å². The minimum atomic E-state index is -1.94. The van der Waals surface area contributed by atoms with Gasteiger partial charge in [-0.2, -0.15) is 0 Å². The Morgan fingerprint density at radius 3 is 2.31 bits per heavy atom. The lowest BCUT2D eigenvalue weighted by atomic mass is 10.0. The highest BCUT2D eigenvalue weighted by atomic mass is 16.4. The zero-order valence-corrected chi connectivity index (χ0v) is 15.3. The second-order valence-electron chi connectivity index (χ2n) is 6.46. The Balaban J connectivity index is 2.25. The number of nitrogens with zero attached hydrogens (tertiary/aromatic N) is 4. The Labute approximate surface area is 163 Å². The van der Waals surface area contributed by atoms with Gasteiger partial charge in [0, 0.05) is 13.0 Å². The molecular weight excluding hydrogens is 384 g/mol. The fourth-order valence-electron chi connectivity index (χ4n) is 2.99. The number of rotatable bonds is 6. The molecule has 3 rings (SSSR count). The van der Waals surface area contributed by atoms with Gasteiger partial charge in [-0.1, -0.05) is 30.3 Å². The molecule has 0 spiro atoms. The maximum atomic E-state index is 12.5. The molecule has 0 aliphatic rings. The van der Waals surface area contributed by atoms with E-state index in [0.717, 1.165) is 17.6 Å². The van der Waals surface area contributed by atoms with Crippen molar-refractivity contribution in [2.24, 2.45) is 0 Å². The number of carbonyl (C=O) groups excluding carboxylic acids is 1. The Bertz CT molecular complexity index is 1080. The average Bonchev–Trinajstić information content (AvgIpc) is 3.15. The van der Waals surface area contributed by atoms with E-state index in [1.165, 1.54) is 4.40 Å². The van der Waals surface area contributed by atoms with Crippen molar-refractivity contribution < 1.29 is 30.3 Å². The first-order valence-corrected chi connectivity index (χ1v) is 8.68. The SMILES string of the molecule is CC(=O)n1c(=O)cc(-c2ccccc2)n2c([C@H](O)[C@@H](O)[C@H](O)[C@H](O)CO)nnc12. The van der Waals surface area contributed by atoms with Gasteiger partial charge >= 0.3 is 0 Å².